The van der Waals surface area contributed by atoms with E-state index < -0.39 is 16.0 Å². The molecule has 0 spiro atoms. The van der Waals surface area contributed by atoms with Gasteiger partial charge in [0.15, 0.2) is 0 Å². The Hall–Kier alpha value is -1.40. The minimum atomic E-state index is -3.65. The smallest absolute Gasteiger partial charge is 0.335 e. The fourth-order valence-electron chi connectivity index (χ4n) is 2.48. The molecule has 6 heteroatoms. The Bertz CT molecular complexity index is 624. The molecule has 1 saturated carbocycles. The number of carboxylic acids is 1. The molecule has 1 aliphatic rings. The van der Waals surface area contributed by atoms with Gasteiger partial charge in [-0.25, -0.2) is 17.9 Å². The lowest BCUT2D eigenvalue weighted by Gasteiger charge is -2.10. The molecule has 0 aromatic heterocycles. The Balaban J connectivity index is 2.23. The maximum atomic E-state index is 12.3. The molecule has 0 radical (unpaired) electrons. The number of benzene rings is 1. The predicted molar refractivity (Wildman–Crippen MR) is 75.3 cm³/mol. The van der Waals surface area contributed by atoms with Gasteiger partial charge in [-0.15, -0.1) is 0 Å². The first-order valence-electron chi connectivity index (χ1n) is 6.72. The van der Waals surface area contributed by atoms with Crippen LogP contribution in [0, 0.1) is 12.8 Å². The fraction of sp³-hybridized carbons (Fsp3) is 0.500. The van der Waals surface area contributed by atoms with Crippen LogP contribution in [0.1, 0.15) is 42.1 Å². The van der Waals surface area contributed by atoms with Crippen LogP contribution in [0.4, 0.5) is 0 Å². The van der Waals surface area contributed by atoms with E-state index in [9.17, 15) is 13.2 Å². The summed E-state index contributed by atoms with van der Waals surface area (Å²) in [5.41, 5.74) is 0.300. The molecule has 2 unspecified atom stereocenters. The average Bonchev–Trinajstić information content (AvgIpc) is 3.06. The monoisotopic (exact) mass is 297 g/mol. The van der Waals surface area contributed by atoms with Gasteiger partial charge in [0.25, 0.3) is 0 Å². The van der Waals surface area contributed by atoms with E-state index in [1.807, 2.05) is 0 Å². The number of rotatable bonds is 6. The number of carbonyl (C=O) groups is 1. The highest BCUT2D eigenvalue weighted by molar-refractivity contribution is 7.89. The van der Waals surface area contributed by atoms with Crippen molar-refractivity contribution in [1.29, 1.82) is 0 Å². The molecule has 0 heterocycles. The van der Waals surface area contributed by atoms with Crippen molar-refractivity contribution in [3.63, 3.8) is 0 Å². The molecule has 5 nitrogen and oxygen atoms in total. The molecule has 2 rings (SSSR count). The number of carboxylic acid groups (broad SMARTS) is 1. The van der Waals surface area contributed by atoms with Crippen molar-refractivity contribution in [3.05, 3.63) is 29.3 Å². The summed E-state index contributed by atoms with van der Waals surface area (Å²) in [6.45, 7) is 3.60. The first-order chi connectivity index (χ1) is 9.36. The first kappa shape index (κ1) is 15.0. The Kier molecular flexibility index (Phi) is 4.15. The van der Waals surface area contributed by atoms with Crippen LogP contribution in [-0.2, 0) is 10.0 Å². The highest BCUT2D eigenvalue weighted by atomic mass is 32.2. The number of hydrogen-bond acceptors (Lipinski definition) is 3. The van der Waals surface area contributed by atoms with Gasteiger partial charge in [0.1, 0.15) is 0 Å². The van der Waals surface area contributed by atoms with E-state index in [4.69, 9.17) is 5.11 Å². The molecule has 0 saturated heterocycles. The van der Waals surface area contributed by atoms with Crippen LogP contribution in [0.25, 0.3) is 0 Å². The summed E-state index contributed by atoms with van der Waals surface area (Å²) in [5.74, 6) is -0.701. The predicted octanol–water partition coefficient (Wildman–Crippen LogP) is 2.16. The standard InChI is InChI=1S/C14H19NO4S/c1-3-5-10-8-12(10)15-20(18,19)13-7-4-6-11(9(13)2)14(16)17/h4,6-7,10,12,15H,3,5,8H2,1-2H3,(H,16,17). The molecule has 2 N–H and O–H groups in total. The topological polar surface area (TPSA) is 83.5 Å². The van der Waals surface area contributed by atoms with Gasteiger partial charge in [-0.05, 0) is 43.4 Å². The van der Waals surface area contributed by atoms with Gasteiger partial charge >= 0.3 is 5.97 Å². The molecule has 0 amide bonds. The van der Waals surface area contributed by atoms with E-state index in [-0.39, 0.29) is 22.1 Å². The third kappa shape index (κ3) is 3.02. The fourth-order valence-corrected chi connectivity index (χ4v) is 4.07. The molecule has 2 atom stereocenters. The van der Waals surface area contributed by atoms with E-state index in [1.54, 1.807) is 0 Å². The quantitative estimate of drug-likeness (QED) is 0.843. The second-order valence-electron chi connectivity index (χ2n) is 5.25. The largest absolute Gasteiger partial charge is 0.478 e. The summed E-state index contributed by atoms with van der Waals surface area (Å²) in [6.07, 6.45) is 2.92. The second kappa shape index (κ2) is 5.54. The van der Waals surface area contributed by atoms with Crippen molar-refractivity contribution in [1.82, 2.24) is 4.72 Å². The van der Waals surface area contributed by atoms with Crippen LogP contribution in [0.3, 0.4) is 0 Å². The van der Waals surface area contributed by atoms with Gasteiger partial charge < -0.3 is 5.11 Å². The maximum absolute atomic E-state index is 12.3. The van der Waals surface area contributed by atoms with Gasteiger partial charge in [-0.2, -0.15) is 0 Å². The van der Waals surface area contributed by atoms with E-state index in [2.05, 4.69) is 11.6 Å². The van der Waals surface area contributed by atoms with E-state index in [0.29, 0.717) is 5.92 Å². The number of aromatic carboxylic acids is 1. The van der Waals surface area contributed by atoms with Crippen molar-refractivity contribution in [3.8, 4) is 0 Å². The highest BCUT2D eigenvalue weighted by Gasteiger charge is 2.39. The summed E-state index contributed by atoms with van der Waals surface area (Å²) in [7, 11) is -3.65. The van der Waals surface area contributed by atoms with Gasteiger partial charge in [0.2, 0.25) is 10.0 Å². The second-order valence-corrected chi connectivity index (χ2v) is 6.93. The lowest BCUT2D eigenvalue weighted by Crippen LogP contribution is -2.28. The van der Waals surface area contributed by atoms with Crippen LogP contribution in [0.2, 0.25) is 0 Å². The molecular weight excluding hydrogens is 278 g/mol. The van der Waals surface area contributed by atoms with E-state index in [1.165, 1.54) is 25.1 Å². The molecule has 1 aliphatic carbocycles. The Morgan fingerprint density at radius 1 is 1.45 bits per heavy atom. The maximum Gasteiger partial charge on any atom is 0.335 e. The van der Waals surface area contributed by atoms with Gasteiger partial charge in [0, 0.05) is 6.04 Å². The van der Waals surface area contributed by atoms with Gasteiger partial charge in [0.05, 0.1) is 10.5 Å². The zero-order chi connectivity index (χ0) is 14.9. The number of hydrogen-bond donors (Lipinski definition) is 2. The highest BCUT2D eigenvalue weighted by Crippen LogP contribution is 2.36. The third-order valence-corrected chi connectivity index (χ3v) is 5.33. The normalized spacial score (nSPS) is 21.7. The molecule has 1 fully saturated rings. The van der Waals surface area contributed by atoms with Crippen LogP contribution in [-0.4, -0.2) is 25.5 Å². The van der Waals surface area contributed by atoms with Crippen LogP contribution < -0.4 is 4.72 Å². The summed E-state index contributed by atoms with van der Waals surface area (Å²) in [6, 6.07) is 4.31. The average molecular weight is 297 g/mol. The van der Waals surface area contributed by atoms with Crippen LogP contribution in [0.15, 0.2) is 23.1 Å². The lowest BCUT2D eigenvalue weighted by molar-refractivity contribution is 0.0696. The molecule has 110 valence electrons. The van der Waals surface area contributed by atoms with Crippen molar-refractivity contribution in [2.75, 3.05) is 0 Å². The lowest BCUT2D eigenvalue weighted by atomic mass is 10.1. The van der Waals surface area contributed by atoms with Crippen molar-refractivity contribution in [2.45, 2.75) is 44.0 Å². The Morgan fingerprint density at radius 3 is 2.75 bits per heavy atom. The van der Waals surface area contributed by atoms with Gasteiger partial charge in [-0.1, -0.05) is 19.4 Å². The molecule has 1 aromatic carbocycles. The minimum Gasteiger partial charge on any atom is -0.478 e. The summed E-state index contributed by atoms with van der Waals surface area (Å²) >= 11 is 0. The number of sulfonamides is 1. The van der Waals surface area contributed by atoms with Crippen LogP contribution in [0.5, 0.6) is 0 Å². The molecule has 0 bridgehead atoms. The third-order valence-electron chi connectivity index (χ3n) is 3.69. The SMILES string of the molecule is CCCC1CC1NS(=O)(=O)c1cccc(C(=O)O)c1C. The van der Waals surface area contributed by atoms with E-state index in [0.717, 1.165) is 19.3 Å². The zero-order valence-corrected chi connectivity index (χ0v) is 12.4. The Labute approximate surface area is 119 Å². The summed E-state index contributed by atoms with van der Waals surface area (Å²) in [4.78, 5) is 11.1. The van der Waals surface area contributed by atoms with E-state index >= 15 is 0 Å². The summed E-state index contributed by atoms with van der Waals surface area (Å²) < 4.78 is 27.3. The van der Waals surface area contributed by atoms with Crippen molar-refractivity contribution in [2.24, 2.45) is 5.92 Å². The van der Waals surface area contributed by atoms with Crippen molar-refractivity contribution >= 4 is 16.0 Å². The minimum absolute atomic E-state index is 0.00664. The molecule has 20 heavy (non-hydrogen) atoms. The zero-order valence-electron chi connectivity index (χ0n) is 11.6. The first-order valence-corrected chi connectivity index (χ1v) is 8.20. The number of nitrogens with one attached hydrogen (secondary N) is 1. The Morgan fingerprint density at radius 2 is 2.15 bits per heavy atom. The molecule has 1 aromatic rings. The molecule has 0 aliphatic heterocycles. The van der Waals surface area contributed by atoms with Gasteiger partial charge in [-0.3, -0.25) is 0 Å². The summed E-state index contributed by atoms with van der Waals surface area (Å²) in [5, 5.41) is 9.05. The molecular formula is C14H19NO4S. The van der Waals surface area contributed by atoms with Crippen molar-refractivity contribution < 1.29 is 18.3 Å². The van der Waals surface area contributed by atoms with Crippen LogP contribution >= 0.6 is 0 Å².